The number of nitrogens with zero attached hydrogens (tertiary/aromatic N) is 2. The molecule has 154 valence electrons. The van der Waals surface area contributed by atoms with Crippen molar-refractivity contribution in [2.24, 2.45) is 4.99 Å². The SMILES string of the molecule is O=C1OC(c2ccc([N+](=O)[O-])cc2)=N/C1=C\c1cccc(OCc2ccc(Br)cc2)c1. The molecule has 0 amide bonds. The highest BCUT2D eigenvalue weighted by Crippen LogP contribution is 2.23. The third kappa shape index (κ3) is 5.04. The standard InChI is InChI=1S/C23H15BrN2O5/c24-18-8-4-15(5-9-18)14-30-20-3-1-2-16(12-20)13-21-23(27)31-22(25-21)17-6-10-19(11-7-17)26(28)29/h1-13H,14H2/b21-13-. The fourth-order valence-corrected chi connectivity index (χ4v) is 3.12. The highest BCUT2D eigenvalue weighted by atomic mass is 79.9. The summed E-state index contributed by atoms with van der Waals surface area (Å²) in [5, 5.41) is 10.8. The zero-order chi connectivity index (χ0) is 21.8. The summed E-state index contributed by atoms with van der Waals surface area (Å²) in [7, 11) is 0. The second kappa shape index (κ2) is 8.93. The number of aliphatic imine (C=N–C) groups is 1. The van der Waals surface area contributed by atoms with Gasteiger partial charge in [0.1, 0.15) is 12.4 Å². The minimum atomic E-state index is -0.588. The summed E-state index contributed by atoms with van der Waals surface area (Å²) in [6.45, 7) is 0.414. The molecule has 0 aliphatic carbocycles. The molecular weight excluding hydrogens is 464 g/mol. The van der Waals surface area contributed by atoms with E-state index in [0.717, 1.165) is 15.6 Å². The Balaban J connectivity index is 1.49. The van der Waals surface area contributed by atoms with E-state index in [9.17, 15) is 14.9 Å². The highest BCUT2D eigenvalue weighted by Gasteiger charge is 2.24. The number of hydrogen-bond donors (Lipinski definition) is 0. The fraction of sp³-hybridized carbons (Fsp3) is 0.0435. The summed E-state index contributed by atoms with van der Waals surface area (Å²) in [6, 6.07) is 20.8. The quantitative estimate of drug-likeness (QED) is 0.208. The molecule has 3 aromatic rings. The van der Waals surface area contributed by atoms with E-state index in [1.54, 1.807) is 12.1 Å². The van der Waals surface area contributed by atoms with Gasteiger partial charge in [-0.2, -0.15) is 0 Å². The van der Waals surface area contributed by atoms with Gasteiger partial charge in [-0.05, 0) is 53.6 Å². The summed E-state index contributed by atoms with van der Waals surface area (Å²) in [4.78, 5) is 26.7. The van der Waals surface area contributed by atoms with Gasteiger partial charge in [-0.25, -0.2) is 9.79 Å². The molecule has 1 aliphatic rings. The van der Waals surface area contributed by atoms with Gasteiger partial charge in [-0.3, -0.25) is 10.1 Å². The zero-order valence-corrected chi connectivity index (χ0v) is 17.6. The Morgan fingerprint density at radius 1 is 1.06 bits per heavy atom. The molecule has 0 radical (unpaired) electrons. The maximum atomic E-state index is 12.2. The van der Waals surface area contributed by atoms with Gasteiger partial charge < -0.3 is 9.47 Å². The van der Waals surface area contributed by atoms with Crippen LogP contribution in [-0.4, -0.2) is 16.8 Å². The van der Waals surface area contributed by atoms with Crippen LogP contribution in [0.5, 0.6) is 5.75 Å². The number of carbonyl (C=O) groups excluding carboxylic acids is 1. The molecule has 4 rings (SSSR count). The minimum absolute atomic E-state index is 0.0515. The average Bonchev–Trinajstić information content (AvgIpc) is 3.14. The summed E-state index contributed by atoms with van der Waals surface area (Å²) < 4.78 is 12.1. The predicted octanol–water partition coefficient (Wildman–Crippen LogP) is 5.28. The summed E-state index contributed by atoms with van der Waals surface area (Å²) in [6.07, 6.45) is 1.60. The van der Waals surface area contributed by atoms with Gasteiger partial charge in [0, 0.05) is 22.2 Å². The van der Waals surface area contributed by atoms with E-state index in [1.165, 1.54) is 24.3 Å². The Morgan fingerprint density at radius 3 is 2.52 bits per heavy atom. The van der Waals surface area contributed by atoms with Gasteiger partial charge in [0.2, 0.25) is 5.90 Å². The normalized spacial score (nSPS) is 14.3. The van der Waals surface area contributed by atoms with E-state index in [-0.39, 0.29) is 17.3 Å². The lowest BCUT2D eigenvalue weighted by Crippen LogP contribution is -2.05. The van der Waals surface area contributed by atoms with Crippen LogP contribution in [0.2, 0.25) is 0 Å². The lowest BCUT2D eigenvalue weighted by Gasteiger charge is -2.07. The van der Waals surface area contributed by atoms with E-state index in [0.29, 0.717) is 17.9 Å². The minimum Gasteiger partial charge on any atom is -0.489 e. The number of non-ortho nitro benzene ring substituents is 1. The van der Waals surface area contributed by atoms with Crippen LogP contribution in [0.25, 0.3) is 6.08 Å². The second-order valence-corrected chi connectivity index (χ2v) is 7.54. The zero-order valence-electron chi connectivity index (χ0n) is 16.0. The third-order valence-corrected chi connectivity index (χ3v) is 4.95. The molecule has 1 aliphatic heterocycles. The number of nitro groups is 1. The molecule has 0 atom stereocenters. The lowest BCUT2D eigenvalue weighted by atomic mass is 10.2. The largest absolute Gasteiger partial charge is 0.489 e. The monoisotopic (exact) mass is 478 g/mol. The Hall–Kier alpha value is -3.78. The number of cyclic esters (lactones) is 1. The molecule has 0 fully saturated rings. The van der Waals surface area contributed by atoms with Crippen LogP contribution in [0.4, 0.5) is 5.69 Å². The van der Waals surface area contributed by atoms with Crippen LogP contribution < -0.4 is 4.74 Å². The molecule has 0 aromatic heterocycles. The number of carbonyl (C=O) groups is 1. The maximum Gasteiger partial charge on any atom is 0.363 e. The number of halogens is 1. The van der Waals surface area contributed by atoms with E-state index in [4.69, 9.17) is 9.47 Å². The van der Waals surface area contributed by atoms with Crippen LogP contribution in [0.3, 0.4) is 0 Å². The van der Waals surface area contributed by atoms with Gasteiger partial charge in [-0.1, -0.05) is 40.2 Å². The Morgan fingerprint density at radius 2 is 1.81 bits per heavy atom. The van der Waals surface area contributed by atoms with E-state index in [1.807, 2.05) is 42.5 Å². The van der Waals surface area contributed by atoms with Crippen LogP contribution in [0, 0.1) is 10.1 Å². The summed E-state index contributed by atoms with van der Waals surface area (Å²) >= 11 is 3.40. The first kappa shape index (κ1) is 20.5. The van der Waals surface area contributed by atoms with Gasteiger partial charge >= 0.3 is 5.97 Å². The number of ether oxygens (including phenoxy) is 2. The molecule has 3 aromatic carbocycles. The summed E-state index contributed by atoms with van der Waals surface area (Å²) in [5.41, 5.74) is 2.33. The van der Waals surface area contributed by atoms with Crippen LogP contribution in [-0.2, 0) is 16.1 Å². The maximum absolute atomic E-state index is 12.2. The Bertz CT molecular complexity index is 1200. The molecule has 1 heterocycles. The van der Waals surface area contributed by atoms with Crippen molar-refractivity contribution in [2.45, 2.75) is 6.61 Å². The van der Waals surface area contributed by atoms with E-state index < -0.39 is 10.9 Å². The van der Waals surface area contributed by atoms with Gasteiger partial charge in [0.25, 0.3) is 5.69 Å². The number of nitro benzene ring substituents is 1. The van der Waals surface area contributed by atoms with Crippen molar-refractivity contribution in [3.63, 3.8) is 0 Å². The average molecular weight is 479 g/mol. The van der Waals surface area contributed by atoms with Crippen molar-refractivity contribution in [1.82, 2.24) is 0 Å². The Labute approximate surface area is 185 Å². The van der Waals surface area contributed by atoms with Crippen molar-refractivity contribution < 1.29 is 19.2 Å². The van der Waals surface area contributed by atoms with E-state index in [2.05, 4.69) is 20.9 Å². The molecule has 0 saturated carbocycles. The first-order chi connectivity index (χ1) is 15.0. The van der Waals surface area contributed by atoms with Crippen molar-refractivity contribution in [1.29, 1.82) is 0 Å². The number of esters is 1. The van der Waals surface area contributed by atoms with Crippen LogP contribution in [0.15, 0.2) is 88.0 Å². The van der Waals surface area contributed by atoms with Crippen molar-refractivity contribution in [2.75, 3.05) is 0 Å². The molecule has 0 unspecified atom stereocenters. The van der Waals surface area contributed by atoms with Crippen molar-refractivity contribution in [3.8, 4) is 5.75 Å². The number of rotatable bonds is 6. The summed E-state index contributed by atoms with van der Waals surface area (Å²) in [5.74, 6) is 0.173. The molecule has 8 heteroatoms. The molecule has 0 bridgehead atoms. The molecule has 0 saturated heterocycles. The highest BCUT2D eigenvalue weighted by molar-refractivity contribution is 9.10. The molecule has 0 N–H and O–H groups in total. The first-order valence-electron chi connectivity index (χ1n) is 9.23. The Kier molecular flexibility index (Phi) is 5.90. The van der Waals surface area contributed by atoms with Crippen molar-refractivity contribution >= 4 is 39.6 Å². The van der Waals surface area contributed by atoms with Gasteiger partial charge in [-0.15, -0.1) is 0 Å². The number of hydrogen-bond acceptors (Lipinski definition) is 6. The molecular formula is C23H15BrN2O5. The first-order valence-corrected chi connectivity index (χ1v) is 10.0. The second-order valence-electron chi connectivity index (χ2n) is 6.63. The van der Waals surface area contributed by atoms with E-state index >= 15 is 0 Å². The predicted molar refractivity (Wildman–Crippen MR) is 119 cm³/mol. The topological polar surface area (TPSA) is 91.0 Å². The van der Waals surface area contributed by atoms with Gasteiger partial charge in [0.05, 0.1) is 4.92 Å². The van der Waals surface area contributed by atoms with Crippen LogP contribution in [0.1, 0.15) is 16.7 Å². The molecule has 7 nitrogen and oxygen atoms in total. The van der Waals surface area contributed by atoms with Crippen LogP contribution >= 0.6 is 15.9 Å². The smallest absolute Gasteiger partial charge is 0.363 e. The molecule has 0 spiro atoms. The van der Waals surface area contributed by atoms with Crippen molar-refractivity contribution in [3.05, 3.63) is 110 Å². The lowest BCUT2D eigenvalue weighted by molar-refractivity contribution is -0.384. The van der Waals surface area contributed by atoms with Gasteiger partial charge in [0.15, 0.2) is 5.70 Å². The number of benzene rings is 3. The fourth-order valence-electron chi connectivity index (χ4n) is 2.86. The molecule has 31 heavy (non-hydrogen) atoms. The third-order valence-electron chi connectivity index (χ3n) is 4.43.